The molecule has 7 heteroatoms. The number of amides is 1. The van der Waals surface area contributed by atoms with Gasteiger partial charge in [0.1, 0.15) is 5.15 Å². The van der Waals surface area contributed by atoms with Crippen LogP contribution in [0.1, 0.15) is 23.5 Å². The van der Waals surface area contributed by atoms with E-state index in [4.69, 9.17) is 25.8 Å². The summed E-state index contributed by atoms with van der Waals surface area (Å²) in [6.45, 7) is 0. The Morgan fingerprint density at radius 3 is 2.50 bits per heavy atom. The Balaban J connectivity index is 2.23. The van der Waals surface area contributed by atoms with Crippen LogP contribution in [-0.4, -0.2) is 32.2 Å². The standard InChI is InChI=1S/C17H17ClN2O4/c1-22-12-7-11-15(17(24-3)16(12)23-2)10(6-14(21)20-11)9-4-5-13(18)19-8-9/h4-5,7-8,10H,6H2,1-3H3,(H,20,21). The second kappa shape index (κ2) is 6.57. The second-order valence-corrected chi connectivity index (χ2v) is 5.71. The number of carbonyl (C=O) groups is 1. The predicted molar refractivity (Wildman–Crippen MR) is 90.4 cm³/mol. The summed E-state index contributed by atoms with van der Waals surface area (Å²) in [5.74, 6) is 1.21. The maximum Gasteiger partial charge on any atom is 0.225 e. The third kappa shape index (κ3) is 2.73. The van der Waals surface area contributed by atoms with E-state index in [-0.39, 0.29) is 18.2 Å². The van der Waals surface area contributed by atoms with E-state index in [1.165, 1.54) is 7.11 Å². The monoisotopic (exact) mass is 348 g/mol. The first-order valence-corrected chi connectivity index (χ1v) is 7.71. The van der Waals surface area contributed by atoms with Crippen LogP contribution in [0.25, 0.3) is 0 Å². The summed E-state index contributed by atoms with van der Waals surface area (Å²) in [6.07, 6.45) is 1.95. The Morgan fingerprint density at radius 2 is 1.92 bits per heavy atom. The molecule has 2 aromatic rings. The van der Waals surface area contributed by atoms with Crippen molar-refractivity contribution in [1.29, 1.82) is 0 Å². The van der Waals surface area contributed by atoms with E-state index in [1.54, 1.807) is 32.5 Å². The lowest BCUT2D eigenvalue weighted by Gasteiger charge is -2.29. The Hall–Kier alpha value is -2.47. The molecule has 2 heterocycles. The number of methoxy groups -OCH3 is 3. The van der Waals surface area contributed by atoms with Gasteiger partial charge in [-0.25, -0.2) is 4.98 Å². The van der Waals surface area contributed by atoms with Gasteiger partial charge in [0.05, 0.1) is 27.0 Å². The van der Waals surface area contributed by atoms with E-state index in [0.717, 1.165) is 11.1 Å². The third-order valence-electron chi connectivity index (χ3n) is 4.03. The molecule has 0 bridgehead atoms. The summed E-state index contributed by atoms with van der Waals surface area (Å²) < 4.78 is 16.4. The van der Waals surface area contributed by atoms with Crippen LogP contribution in [0.5, 0.6) is 17.2 Å². The van der Waals surface area contributed by atoms with Crippen molar-refractivity contribution in [3.8, 4) is 17.2 Å². The number of nitrogens with one attached hydrogen (secondary N) is 1. The lowest BCUT2D eigenvalue weighted by Crippen LogP contribution is -2.24. The topological polar surface area (TPSA) is 69.7 Å². The lowest BCUT2D eigenvalue weighted by atomic mass is 9.84. The molecule has 1 aromatic carbocycles. The number of anilines is 1. The molecule has 1 aliphatic rings. The van der Waals surface area contributed by atoms with Gasteiger partial charge in [-0.2, -0.15) is 0 Å². The number of aromatic nitrogens is 1. The minimum atomic E-state index is -0.215. The first-order valence-electron chi connectivity index (χ1n) is 7.33. The zero-order chi connectivity index (χ0) is 17.3. The van der Waals surface area contributed by atoms with Crippen LogP contribution in [0.15, 0.2) is 24.4 Å². The van der Waals surface area contributed by atoms with Crippen molar-refractivity contribution in [2.24, 2.45) is 0 Å². The van der Waals surface area contributed by atoms with E-state index in [9.17, 15) is 4.79 Å². The zero-order valence-electron chi connectivity index (χ0n) is 13.6. The van der Waals surface area contributed by atoms with E-state index in [2.05, 4.69) is 10.3 Å². The number of pyridine rings is 1. The Labute approximate surface area is 144 Å². The van der Waals surface area contributed by atoms with Crippen molar-refractivity contribution < 1.29 is 19.0 Å². The summed E-state index contributed by atoms with van der Waals surface area (Å²) in [5, 5.41) is 3.27. The van der Waals surface area contributed by atoms with Gasteiger partial charge in [0.25, 0.3) is 0 Å². The Kier molecular flexibility index (Phi) is 4.49. The quantitative estimate of drug-likeness (QED) is 0.859. The van der Waals surface area contributed by atoms with Crippen LogP contribution in [-0.2, 0) is 4.79 Å². The highest BCUT2D eigenvalue weighted by atomic mass is 35.5. The second-order valence-electron chi connectivity index (χ2n) is 5.33. The number of rotatable bonds is 4. The first kappa shape index (κ1) is 16.4. The van der Waals surface area contributed by atoms with E-state index < -0.39 is 0 Å². The predicted octanol–water partition coefficient (Wildman–Crippen LogP) is 3.23. The molecular formula is C17H17ClN2O4. The molecule has 126 valence electrons. The highest BCUT2D eigenvalue weighted by molar-refractivity contribution is 6.29. The maximum absolute atomic E-state index is 12.2. The van der Waals surface area contributed by atoms with Crippen LogP contribution >= 0.6 is 11.6 Å². The molecule has 1 N–H and O–H groups in total. The van der Waals surface area contributed by atoms with Crippen molar-refractivity contribution in [3.63, 3.8) is 0 Å². The van der Waals surface area contributed by atoms with Gasteiger partial charge in [-0.05, 0) is 11.6 Å². The molecule has 1 aliphatic heterocycles. The van der Waals surface area contributed by atoms with Crippen LogP contribution < -0.4 is 19.5 Å². The molecule has 1 aromatic heterocycles. The molecule has 1 unspecified atom stereocenters. The molecule has 0 aliphatic carbocycles. The van der Waals surface area contributed by atoms with Crippen molar-refractivity contribution >= 4 is 23.2 Å². The fraction of sp³-hybridized carbons (Fsp3) is 0.294. The summed E-state index contributed by atoms with van der Waals surface area (Å²) in [4.78, 5) is 16.3. The number of nitrogens with zero attached hydrogens (tertiary/aromatic N) is 1. The van der Waals surface area contributed by atoms with Gasteiger partial charge in [-0.1, -0.05) is 17.7 Å². The molecule has 3 rings (SSSR count). The van der Waals surface area contributed by atoms with Gasteiger partial charge in [0.15, 0.2) is 11.5 Å². The minimum Gasteiger partial charge on any atom is -0.493 e. The normalized spacial score (nSPS) is 16.2. The molecule has 0 saturated heterocycles. The number of halogens is 1. The molecule has 1 amide bonds. The van der Waals surface area contributed by atoms with Crippen LogP contribution in [0.4, 0.5) is 5.69 Å². The number of fused-ring (bicyclic) bond motifs is 1. The van der Waals surface area contributed by atoms with Gasteiger partial charge < -0.3 is 19.5 Å². The summed E-state index contributed by atoms with van der Waals surface area (Å²) in [7, 11) is 4.65. The van der Waals surface area contributed by atoms with Gasteiger partial charge in [-0.15, -0.1) is 0 Å². The number of hydrogen-bond acceptors (Lipinski definition) is 5. The van der Waals surface area contributed by atoms with Crippen molar-refractivity contribution in [2.75, 3.05) is 26.6 Å². The highest BCUT2D eigenvalue weighted by Crippen LogP contribution is 2.51. The summed E-state index contributed by atoms with van der Waals surface area (Å²) in [6, 6.07) is 5.30. The van der Waals surface area contributed by atoms with Crippen LogP contribution in [0.2, 0.25) is 5.15 Å². The Morgan fingerprint density at radius 1 is 1.17 bits per heavy atom. The molecule has 0 fully saturated rings. The average Bonchev–Trinajstić information content (AvgIpc) is 2.59. The fourth-order valence-electron chi connectivity index (χ4n) is 2.99. The summed E-state index contributed by atoms with van der Waals surface area (Å²) in [5.41, 5.74) is 2.35. The summed E-state index contributed by atoms with van der Waals surface area (Å²) >= 11 is 5.87. The van der Waals surface area contributed by atoms with Crippen LogP contribution in [0, 0.1) is 0 Å². The fourth-order valence-corrected chi connectivity index (χ4v) is 3.11. The number of benzene rings is 1. The van der Waals surface area contributed by atoms with Crippen LogP contribution in [0.3, 0.4) is 0 Å². The smallest absolute Gasteiger partial charge is 0.225 e. The number of hydrogen-bond donors (Lipinski definition) is 1. The number of ether oxygens (including phenoxy) is 3. The van der Waals surface area contributed by atoms with E-state index in [0.29, 0.717) is 28.1 Å². The molecule has 0 spiro atoms. The van der Waals surface area contributed by atoms with Gasteiger partial charge in [0.2, 0.25) is 11.7 Å². The molecule has 1 atom stereocenters. The largest absolute Gasteiger partial charge is 0.493 e. The molecule has 6 nitrogen and oxygen atoms in total. The average molecular weight is 349 g/mol. The van der Waals surface area contributed by atoms with Crippen molar-refractivity contribution in [2.45, 2.75) is 12.3 Å². The van der Waals surface area contributed by atoms with Crippen molar-refractivity contribution in [3.05, 3.63) is 40.7 Å². The SMILES string of the molecule is COc1cc2c(c(OC)c1OC)C(c1ccc(Cl)nc1)CC(=O)N2. The van der Waals surface area contributed by atoms with Gasteiger partial charge in [0, 0.05) is 30.2 Å². The molecular weight excluding hydrogens is 332 g/mol. The third-order valence-corrected chi connectivity index (χ3v) is 4.26. The maximum atomic E-state index is 12.2. The Bertz CT molecular complexity index is 777. The molecule has 24 heavy (non-hydrogen) atoms. The number of carbonyl (C=O) groups excluding carboxylic acids is 1. The van der Waals surface area contributed by atoms with E-state index in [1.807, 2.05) is 6.07 Å². The van der Waals surface area contributed by atoms with Gasteiger partial charge >= 0.3 is 0 Å². The molecule has 0 radical (unpaired) electrons. The van der Waals surface area contributed by atoms with Crippen molar-refractivity contribution in [1.82, 2.24) is 4.98 Å². The minimum absolute atomic E-state index is 0.0864. The molecule has 0 saturated carbocycles. The lowest BCUT2D eigenvalue weighted by molar-refractivity contribution is -0.116. The highest BCUT2D eigenvalue weighted by Gasteiger charge is 2.33. The zero-order valence-corrected chi connectivity index (χ0v) is 14.3. The van der Waals surface area contributed by atoms with E-state index >= 15 is 0 Å². The first-order chi connectivity index (χ1) is 11.6. The van der Waals surface area contributed by atoms with Gasteiger partial charge in [-0.3, -0.25) is 4.79 Å².